The van der Waals surface area contributed by atoms with Gasteiger partial charge in [0.25, 0.3) is 0 Å². The Balaban J connectivity index is 0.000000425. The SMILES string of the molecule is CC.CC.CC.CC.CC.CC.CC.CC.c1ccc2c(c1)Cc1ccccc1O2.c1ccc2c(c1)Cc1ccccc1S2.c1ccc2c(c1)oc1ccccc12.c1ccc2c(c1)sc1ccccc12. The number of hydrogen-bond donors (Lipinski definition) is 0. The largest absolute Gasteiger partial charge is 0.457 e. The fourth-order valence-corrected chi connectivity index (χ4v) is 9.17. The van der Waals surface area contributed by atoms with Crippen molar-refractivity contribution in [2.45, 2.75) is 133 Å². The van der Waals surface area contributed by atoms with Gasteiger partial charge in [0, 0.05) is 47.2 Å². The highest BCUT2D eigenvalue weighted by atomic mass is 32.2. The minimum Gasteiger partial charge on any atom is -0.457 e. The second-order valence-corrected chi connectivity index (χ2v) is 15.3. The predicted octanol–water partition coefficient (Wildman–Crippen LogP) is 23.0. The van der Waals surface area contributed by atoms with Crippen molar-refractivity contribution < 1.29 is 9.15 Å². The molecule has 0 bridgehead atoms. The van der Waals surface area contributed by atoms with Gasteiger partial charge in [-0.05, 0) is 77.2 Å². The summed E-state index contributed by atoms with van der Waals surface area (Å²) < 4.78 is 14.2. The van der Waals surface area contributed by atoms with Gasteiger partial charge < -0.3 is 9.15 Å². The summed E-state index contributed by atoms with van der Waals surface area (Å²) in [6, 6.07) is 67.0. The molecule has 0 saturated carbocycles. The molecule has 4 heteroatoms. The molecule has 2 aromatic heterocycles. The van der Waals surface area contributed by atoms with Gasteiger partial charge in [-0.25, -0.2) is 0 Å². The molecular weight excluding hydrogens is 889 g/mol. The summed E-state index contributed by atoms with van der Waals surface area (Å²) in [5.41, 5.74) is 7.37. The lowest BCUT2D eigenvalue weighted by Crippen LogP contribution is -2.01. The van der Waals surface area contributed by atoms with E-state index in [1.807, 2.05) is 195 Å². The lowest BCUT2D eigenvalue weighted by Gasteiger charge is -2.19. The Morgan fingerprint density at radius 1 is 0.286 bits per heavy atom. The van der Waals surface area contributed by atoms with Gasteiger partial charge in [-0.3, -0.25) is 0 Å². The summed E-state index contributed by atoms with van der Waals surface area (Å²) in [7, 11) is 0. The van der Waals surface area contributed by atoms with E-state index in [0.29, 0.717) is 0 Å². The van der Waals surface area contributed by atoms with Crippen LogP contribution in [0, 0.1) is 0 Å². The number of furan rings is 1. The Morgan fingerprint density at radius 3 is 0.971 bits per heavy atom. The maximum absolute atomic E-state index is 5.78. The fraction of sp³-hybridized carbons (Fsp3) is 0.273. The van der Waals surface area contributed by atoms with Gasteiger partial charge in [0.1, 0.15) is 22.7 Å². The first-order valence-corrected chi connectivity index (χ1v) is 27.8. The van der Waals surface area contributed by atoms with E-state index < -0.39 is 0 Å². The zero-order chi connectivity index (χ0) is 52.1. The zero-order valence-corrected chi connectivity index (χ0v) is 47.2. The number of para-hydroxylation sites is 4. The Hall–Kier alpha value is -6.07. The third-order valence-corrected chi connectivity index (χ3v) is 12.0. The van der Waals surface area contributed by atoms with Crippen LogP contribution in [0.4, 0.5) is 0 Å². The van der Waals surface area contributed by atoms with Gasteiger partial charge >= 0.3 is 0 Å². The van der Waals surface area contributed by atoms with Crippen molar-refractivity contribution in [1.82, 2.24) is 0 Å². The van der Waals surface area contributed by atoms with Gasteiger partial charge in [-0.2, -0.15) is 0 Å². The van der Waals surface area contributed by atoms with E-state index in [1.165, 1.54) is 63.0 Å². The van der Waals surface area contributed by atoms with Crippen LogP contribution in [0.1, 0.15) is 133 Å². The van der Waals surface area contributed by atoms with E-state index in [4.69, 9.17) is 9.15 Å². The molecule has 4 heterocycles. The summed E-state index contributed by atoms with van der Waals surface area (Å²) in [6.07, 6.45) is 2.06. The van der Waals surface area contributed by atoms with Crippen LogP contribution in [-0.4, -0.2) is 0 Å². The number of hydrogen-bond acceptors (Lipinski definition) is 4. The van der Waals surface area contributed by atoms with E-state index in [-0.39, 0.29) is 0 Å². The molecule has 2 aliphatic heterocycles. The number of rotatable bonds is 0. The van der Waals surface area contributed by atoms with Crippen LogP contribution in [0.2, 0.25) is 0 Å². The maximum Gasteiger partial charge on any atom is 0.135 e. The van der Waals surface area contributed by atoms with E-state index in [0.717, 1.165) is 35.5 Å². The van der Waals surface area contributed by atoms with Crippen molar-refractivity contribution >= 4 is 65.2 Å². The van der Waals surface area contributed by atoms with Crippen LogP contribution < -0.4 is 4.74 Å². The first-order valence-electron chi connectivity index (χ1n) is 26.2. The Labute approximate surface area is 433 Å². The van der Waals surface area contributed by atoms with Gasteiger partial charge in [0.05, 0.1) is 0 Å². The predicted molar refractivity (Wildman–Crippen MR) is 319 cm³/mol. The van der Waals surface area contributed by atoms with Gasteiger partial charge in [-0.15, -0.1) is 11.3 Å². The minimum absolute atomic E-state index is 0.962. The second-order valence-electron chi connectivity index (χ2n) is 13.2. The molecule has 8 aromatic carbocycles. The summed E-state index contributed by atoms with van der Waals surface area (Å²) in [4.78, 5) is 2.82. The Morgan fingerprint density at radius 2 is 0.571 bits per heavy atom. The average molecular weight is 974 g/mol. The fourth-order valence-electron chi connectivity index (χ4n) is 6.99. The van der Waals surface area contributed by atoms with Crippen LogP contribution in [0.3, 0.4) is 0 Å². The third kappa shape index (κ3) is 17.7. The van der Waals surface area contributed by atoms with E-state index >= 15 is 0 Å². The van der Waals surface area contributed by atoms with Crippen molar-refractivity contribution in [3.63, 3.8) is 0 Å². The molecule has 0 spiro atoms. The molecular formula is C66H84O2S2. The molecule has 0 amide bonds. The van der Waals surface area contributed by atoms with Crippen molar-refractivity contribution in [3.05, 3.63) is 216 Å². The van der Waals surface area contributed by atoms with Crippen LogP contribution in [0.25, 0.3) is 42.1 Å². The zero-order valence-electron chi connectivity index (χ0n) is 45.5. The molecule has 372 valence electrons. The number of fused-ring (bicyclic) bond motifs is 10. The molecule has 12 rings (SSSR count). The molecule has 0 unspecified atom stereocenters. The van der Waals surface area contributed by atoms with Crippen LogP contribution >= 0.6 is 23.1 Å². The third-order valence-electron chi connectivity index (χ3n) is 9.66. The summed E-state index contributed by atoms with van der Waals surface area (Å²) in [5.74, 6) is 1.98. The molecule has 2 aliphatic rings. The highest BCUT2D eigenvalue weighted by Crippen LogP contribution is 2.39. The highest BCUT2D eigenvalue weighted by molar-refractivity contribution is 7.99. The summed E-state index contributed by atoms with van der Waals surface area (Å²) in [5, 5.41) is 5.14. The van der Waals surface area contributed by atoms with Gasteiger partial charge in [-0.1, -0.05) is 268 Å². The molecule has 0 saturated heterocycles. The quantitative estimate of drug-likeness (QED) is 0.151. The topological polar surface area (TPSA) is 22.4 Å². The first kappa shape index (κ1) is 61.9. The van der Waals surface area contributed by atoms with Crippen molar-refractivity contribution in [2.24, 2.45) is 0 Å². The monoisotopic (exact) mass is 973 g/mol. The molecule has 0 radical (unpaired) electrons. The molecule has 10 aromatic rings. The van der Waals surface area contributed by atoms with Crippen LogP contribution in [-0.2, 0) is 12.8 Å². The molecule has 0 aliphatic carbocycles. The second kappa shape index (κ2) is 37.8. The number of benzene rings is 8. The Kier molecular flexibility index (Phi) is 33.4. The first-order chi connectivity index (χ1) is 34.8. The van der Waals surface area contributed by atoms with Crippen LogP contribution in [0.15, 0.2) is 208 Å². The van der Waals surface area contributed by atoms with Crippen molar-refractivity contribution in [3.8, 4) is 11.5 Å². The summed E-state index contributed by atoms with van der Waals surface area (Å²) in [6.45, 7) is 32.0. The van der Waals surface area contributed by atoms with E-state index in [9.17, 15) is 0 Å². The highest BCUT2D eigenvalue weighted by Gasteiger charge is 2.15. The summed E-state index contributed by atoms with van der Waals surface area (Å²) >= 11 is 3.74. The van der Waals surface area contributed by atoms with E-state index in [2.05, 4.69) is 133 Å². The lowest BCUT2D eigenvalue weighted by atomic mass is 10.0. The van der Waals surface area contributed by atoms with Crippen molar-refractivity contribution in [2.75, 3.05) is 0 Å². The van der Waals surface area contributed by atoms with Crippen LogP contribution in [0.5, 0.6) is 11.5 Å². The smallest absolute Gasteiger partial charge is 0.135 e. The number of thiophene rings is 1. The number of ether oxygens (including phenoxy) is 1. The Bertz CT molecular complexity index is 2390. The molecule has 2 nitrogen and oxygen atoms in total. The molecule has 0 fully saturated rings. The molecule has 0 N–H and O–H groups in total. The molecule has 0 atom stereocenters. The molecule has 70 heavy (non-hydrogen) atoms. The van der Waals surface area contributed by atoms with Gasteiger partial charge in [0.15, 0.2) is 0 Å². The normalized spacial score (nSPS) is 9.94. The standard InChI is InChI=1S/C13H10O.C13H10S.C12H8O.C12H8S.8C2H6/c2*1-3-7-12-10(5-1)9-11-6-2-4-8-13(11)14-12;2*1-3-7-11-9(5-1)10-6-2-4-8-12(10)13-11;8*1-2/h2*1-8H,9H2;2*1-8H;8*1-2H3. The van der Waals surface area contributed by atoms with Gasteiger partial charge in [0.2, 0.25) is 0 Å². The average Bonchev–Trinajstić information content (AvgIpc) is 4.05. The van der Waals surface area contributed by atoms with E-state index in [1.54, 1.807) is 0 Å². The van der Waals surface area contributed by atoms with Crippen molar-refractivity contribution in [1.29, 1.82) is 0 Å². The lowest BCUT2D eigenvalue weighted by molar-refractivity contribution is 0.460. The maximum atomic E-state index is 5.78. The minimum atomic E-state index is 0.962.